The van der Waals surface area contributed by atoms with E-state index in [1.165, 1.54) is 12.4 Å². The molecule has 7 heteroatoms. The molecule has 0 aliphatic rings. The molecule has 0 saturated carbocycles. The Morgan fingerprint density at radius 1 is 1.14 bits per heavy atom. The van der Waals surface area contributed by atoms with Crippen LogP contribution in [0.25, 0.3) is 11.5 Å². The van der Waals surface area contributed by atoms with E-state index in [1.807, 2.05) is 61.5 Å². The molecule has 146 valence electrons. The molecule has 0 fully saturated rings. The van der Waals surface area contributed by atoms with Crippen molar-refractivity contribution in [1.29, 1.82) is 0 Å². The maximum absolute atomic E-state index is 10.9. The molecule has 0 bridgehead atoms. The van der Waals surface area contributed by atoms with Crippen LogP contribution in [-0.4, -0.2) is 25.8 Å². The minimum absolute atomic E-state index is 0.169. The molecule has 0 amide bonds. The first-order chi connectivity index (χ1) is 14.1. The maximum Gasteiger partial charge on any atom is 0.338 e. The number of hydrogen-bond donors (Lipinski definition) is 1. The van der Waals surface area contributed by atoms with Gasteiger partial charge in [-0.2, -0.15) is 5.10 Å². The van der Waals surface area contributed by atoms with Crippen molar-refractivity contribution >= 4 is 5.97 Å². The first kappa shape index (κ1) is 18.5. The molecular formula is C22H19N3O4. The number of carboxylic acids is 1. The summed E-state index contributed by atoms with van der Waals surface area (Å²) in [6, 6.07) is 17.3. The summed E-state index contributed by atoms with van der Waals surface area (Å²) in [5.74, 6) is 1.04. The van der Waals surface area contributed by atoms with Crippen molar-refractivity contribution in [3.63, 3.8) is 0 Å². The molecule has 0 spiro atoms. The topological polar surface area (TPSA) is 90.4 Å². The number of aryl methyl sites for hydroxylation is 1. The SMILES string of the molecule is Cc1oc(-c2ccccc2)nc1COc1ccc(Cn2cc(C(=O)O)cn2)cc1. The van der Waals surface area contributed by atoms with Gasteiger partial charge in [0.05, 0.1) is 18.3 Å². The molecule has 2 aromatic carbocycles. The van der Waals surface area contributed by atoms with Crippen molar-refractivity contribution in [3.8, 4) is 17.2 Å². The van der Waals surface area contributed by atoms with Crippen LogP contribution in [0, 0.1) is 6.92 Å². The van der Waals surface area contributed by atoms with E-state index in [2.05, 4.69) is 10.1 Å². The quantitative estimate of drug-likeness (QED) is 0.510. The number of benzene rings is 2. The van der Waals surface area contributed by atoms with Crippen molar-refractivity contribution in [3.05, 3.63) is 89.6 Å². The standard InChI is InChI=1S/C22H19N3O4/c1-15-20(24-21(29-15)17-5-3-2-4-6-17)14-28-19-9-7-16(8-10-19)12-25-13-18(11-23-25)22(26)27/h2-11,13H,12,14H2,1H3,(H,26,27). The molecule has 1 N–H and O–H groups in total. The average molecular weight is 389 g/mol. The predicted molar refractivity (Wildman–Crippen MR) is 106 cm³/mol. The molecule has 0 radical (unpaired) electrons. The van der Waals surface area contributed by atoms with E-state index < -0.39 is 5.97 Å². The number of carbonyl (C=O) groups is 1. The minimum atomic E-state index is -0.987. The molecule has 0 atom stereocenters. The molecule has 2 heterocycles. The number of ether oxygens (including phenoxy) is 1. The molecule has 7 nitrogen and oxygen atoms in total. The van der Waals surface area contributed by atoms with Crippen LogP contribution in [0.15, 0.2) is 71.4 Å². The molecule has 0 aliphatic heterocycles. The Morgan fingerprint density at radius 3 is 2.59 bits per heavy atom. The number of oxazole rings is 1. The third kappa shape index (κ3) is 4.35. The Hall–Kier alpha value is -3.87. The Morgan fingerprint density at radius 2 is 1.90 bits per heavy atom. The van der Waals surface area contributed by atoms with E-state index in [0.29, 0.717) is 24.8 Å². The second-order valence-corrected chi connectivity index (χ2v) is 6.55. The fourth-order valence-corrected chi connectivity index (χ4v) is 2.86. The van der Waals surface area contributed by atoms with Crippen LogP contribution < -0.4 is 4.74 Å². The zero-order valence-corrected chi connectivity index (χ0v) is 15.8. The molecule has 4 aromatic rings. The number of carboxylic acid groups (broad SMARTS) is 1. The highest BCUT2D eigenvalue weighted by atomic mass is 16.5. The fraction of sp³-hybridized carbons (Fsp3) is 0.136. The number of aromatic carboxylic acids is 1. The Kier molecular flexibility index (Phi) is 5.11. The lowest BCUT2D eigenvalue weighted by Gasteiger charge is -2.06. The summed E-state index contributed by atoms with van der Waals surface area (Å²) in [5, 5.41) is 13.0. The maximum atomic E-state index is 10.9. The van der Waals surface area contributed by atoms with E-state index in [-0.39, 0.29) is 5.56 Å². The van der Waals surface area contributed by atoms with Gasteiger partial charge in [-0.1, -0.05) is 30.3 Å². The zero-order chi connectivity index (χ0) is 20.2. The molecule has 0 unspecified atom stereocenters. The van der Waals surface area contributed by atoms with Gasteiger partial charge in [-0.05, 0) is 36.8 Å². The van der Waals surface area contributed by atoms with E-state index in [0.717, 1.165) is 22.6 Å². The smallest absolute Gasteiger partial charge is 0.338 e. The van der Waals surface area contributed by atoms with Crippen molar-refractivity contribution in [2.75, 3.05) is 0 Å². The summed E-state index contributed by atoms with van der Waals surface area (Å²) in [7, 11) is 0. The second kappa shape index (κ2) is 8.02. The Labute approximate surface area is 167 Å². The van der Waals surface area contributed by atoms with Crippen LogP contribution in [0.5, 0.6) is 5.75 Å². The van der Waals surface area contributed by atoms with Crippen molar-refractivity contribution in [2.24, 2.45) is 0 Å². The zero-order valence-electron chi connectivity index (χ0n) is 15.8. The summed E-state index contributed by atoms with van der Waals surface area (Å²) in [6.07, 6.45) is 2.84. The van der Waals surface area contributed by atoms with E-state index in [1.54, 1.807) is 4.68 Å². The molecule has 4 rings (SSSR count). The highest BCUT2D eigenvalue weighted by Crippen LogP contribution is 2.22. The van der Waals surface area contributed by atoms with Gasteiger partial charge in [0.1, 0.15) is 23.8 Å². The lowest BCUT2D eigenvalue weighted by molar-refractivity contribution is 0.0696. The van der Waals surface area contributed by atoms with Crippen molar-refractivity contribution in [1.82, 2.24) is 14.8 Å². The van der Waals surface area contributed by atoms with Crippen LogP contribution in [-0.2, 0) is 13.2 Å². The molecular weight excluding hydrogens is 370 g/mol. The lowest BCUT2D eigenvalue weighted by Crippen LogP contribution is -2.01. The summed E-state index contributed by atoms with van der Waals surface area (Å²) in [4.78, 5) is 15.5. The van der Waals surface area contributed by atoms with Crippen LogP contribution in [0.4, 0.5) is 0 Å². The molecule has 0 aliphatic carbocycles. The van der Waals surface area contributed by atoms with Gasteiger partial charge in [0.2, 0.25) is 5.89 Å². The second-order valence-electron chi connectivity index (χ2n) is 6.55. The fourth-order valence-electron chi connectivity index (χ4n) is 2.86. The molecule has 2 aromatic heterocycles. The van der Waals surface area contributed by atoms with Crippen molar-refractivity contribution < 1.29 is 19.1 Å². The summed E-state index contributed by atoms with van der Waals surface area (Å²) in [5.41, 5.74) is 2.84. The van der Waals surface area contributed by atoms with Crippen LogP contribution in [0.2, 0.25) is 0 Å². The van der Waals surface area contributed by atoms with E-state index in [9.17, 15) is 4.79 Å². The third-order valence-electron chi connectivity index (χ3n) is 4.44. The van der Waals surface area contributed by atoms with Gasteiger partial charge >= 0.3 is 5.97 Å². The van der Waals surface area contributed by atoms with Crippen molar-refractivity contribution in [2.45, 2.75) is 20.1 Å². The van der Waals surface area contributed by atoms with Gasteiger partial charge < -0.3 is 14.3 Å². The summed E-state index contributed by atoms with van der Waals surface area (Å²) >= 11 is 0. The average Bonchev–Trinajstić information content (AvgIpc) is 3.35. The highest BCUT2D eigenvalue weighted by Gasteiger charge is 2.12. The van der Waals surface area contributed by atoms with Gasteiger partial charge in [0, 0.05) is 11.8 Å². The first-order valence-electron chi connectivity index (χ1n) is 9.08. The van der Waals surface area contributed by atoms with Crippen LogP contribution >= 0.6 is 0 Å². The third-order valence-corrected chi connectivity index (χ3v) is 4.44. The largest absolute Gasteiger partial charge is 0.487 e. The monoisotopic (exact) mass is 389 g/mol. The van der Waals surface area contributed by atoms with Gasteiger partial charge in [0.25, 0.3) is 0 Å². The van der Waals surface area contributed by atoms with E-state index in [4.69, 9.17) is 14.3 Å². The van der Waals surface area contributed by atoms with Gasteiger partial charge in [-0.3, -0.25) is 4.68 Å². The Balaban J connectivity index is 1.38. The number of nitrogens with zero attached hydrogens (tertiary/aromatic N) is 3. The van der Waals surface area contributed by atoms with E-state index >= 15 is 0 Å². The molecule has 0 saturated heterocycles. The summed E-state index contributed by atoms with van der Waals surface area (Å²) in [6.45, 7) is 2.66. The van der Waals surface area contributed by atoms with Gasteiger partial charge in [-0.15, -0.1) is 0 Å². The first-order valence-corrected chi connectivity index (χ1v) is 9.08. The van der Waals surface area contributed by atoms with Gasteiger partial charge in [0.15, 0.2) is 0 Å². The Bertz CT molecular complexity index is 1110. The minimum Gasteiger partial charge on any atom is -0.487 e. The van der Waals surface area contributed by atoms with Crippen LogP contribution in [0.1, 0.15) is 27.4 Å². The number of rotatable bonds is 7. The predicted octanol–water partition coefficient (Wildman–Crippen LogP) is 4.17. The van der Waals surface area contributed by atoms with Gasteiger partial charge in [-0.25, -0.2) is 9.78 Å². The number of hydrogen-bond acceptors (Lipinski definition) is 5. The van der Waals surface area contributed by atoms with Crippen LogP contribution in [0.3, 0.4) is 0 Å². The normalized spacial score (nSPS) is 10.8. The summed E-state index contributed by atoms with van der Waals surface area (Å²) < 4.78 is 13.2. The lowest BCUT2D eigenvalue weighted by atomic mass is 10.2. The highest BCUT2D eigenvalue weighted by molar-refractivity contribution is 5.86. The molecule has 29 heavy (non-hydrogen) atoms. The number of aromatic nitrogens is 3.